The lowest BCUT2D eigenvalue weighted by molar-refractivity contribution is -0.111. The number of piperidine rings is 1. The number of likely N-dealkylation sites (tertiary alicyclic amines) is 1. The standard InChI is InChI=1S/C28H34FN3O5/c1-34-24-8-7-20-22(28(24)35-2)15-25(36-27(20)16-30-17-33)18-9-12-32(13-10-18)11-3-4-23-21-6-5-19(29)14-26(21)37-31-23/h5-8,14,17-18,25,27H,3-4,9-13,15-16H2,1-2H3,(H,30,33). The van der Waals surface area contributed by atoms with E-state index in [9.17, 15) is 9.18 Å². The summed E-state index contributed by atoms with van der Waals surface area (Å²) in [7, 11) is 3.31. The van der Waals surface area contributed by atoms with Crippen LogP contribution in [0, 0.1) is 11.7 Å². The molecule has 1 amide bonds. The van der Waals surface area contributed by atoms with Crippen LogP contribution in [-0.2, 0) is 22.4 Å². The van der Waals surface area contributed by atoms with Crippen molar-refractivity contribution in [2.45, 2.75) is 44.3 Å². The molecular formula is C28H34FN3O5. The minimum atomic E-state index is -0.313. The molecule has 5 rings (SSSR count). The Morgan fingerprint density at radius 3 is 2.78 bits per heavy atom. The lowest BCUT2D eigenvalue weighted by atomic mass is 9.83. The molecule has 0 spiro atoms. The van der Waals surface area contributed by atoms with Crippen molar-refractivity contribution in [3.8, 4) is 11.5 Å². The zero-order chi connectivity index (χ0) is 25.8. The molecule has 2 atom stereocenters. The normalized spacial score (nSPS) is 20.5. The van der Waals surface area contributed by atoms with E-state index in [1.54, 1.807) is 20.3 Å². The summed E-state index contributed by atoms with van der Waals surface area (Å²) in [5, 5.41) is 7.82. The van der Waals surface area contributed by atoms with Gasteiger partial charge in [-0.15, -0.1) is 0 Å². The average molecular weight is 512 g/mol. The van der Waals surface area contributed by atoms with Crippen LogP contribution >= 0.6 is 0 Å². The first-order chi connectivity index (χ1) is 18.1. The number of fused-ring (bicyclic) bond motifs is 2. The van der Waals surface area contributed by atoms with Gasteiger partial charge >= 0.3 is 0 Å². The molecule has 0 bridgehead atoms. The molecule has 2 aliphatic heterocycles. The van der Waals surface area contributed by atoms with Crippen molar-refractivity contribution in [3.63, 3.8) is 0 Å². The maximum absolute atomic E-state index is 13.4. The minimum absolute atomic E-state index is 0.0519. The number of hydrogen-bond donors (Lipinski definition) is 1. The number of hydrogen-bond acceptors (Lipinski definition) is 7. The lowest BCUT2D eigenvalue weighted by Gasteiger charge is -2.41. The second kappa shape index (κ2) is 11.5. The number of carbonyl (C=O) groups is 1. The quantitative estimate of drug-likeness (QED) is 0.411. The summed E-state index contributed by atoms with van der Waals surface area (Å²) >= 11 is 0. The molecule has 2 aliphatic rings. The highest BCUT2D eigenvalue weighted by molar-refractivity contribution is 5.79. The molecule has 1 saturated heterocycles. The van der Waals surface area contributed by atoms with Crippen LogP contribution in [0.5, 0.6) is 11.5 Å². The molecule has 0 radical (unpaired) electrons. The molecule has 0 aliphatic carbocycles. The minimum Gasteiger partial charge on any atom is -0.493 e. The molecule has 8 nitrogen and oxygen atoms in total. The van der Waals surface area contributed by atoms with Gasteiger partial charge in [0.25, 0.3) is 0 Å². The van der Waals surface area contributed by atoms with E-state index >= 15 is 0 Å². The van der Waals surface area contributed by atoms with Gasteiger partial charge in [0, 0.05) is 30.0 Å². The smallest absolute Gasteiger partial charge is 0.207 e. The van der Waals surface area contributed by atoms with Gasteiger partial charge in [-0.1, -0.05) is 11.2 Å². The second-order valence-electron chi connectivity index (χ2n) is 9.81. The van der Waals surface area contributed by atoms with Crippen LogP contribution in [0.4, 0.5) is 4.39 Å². The van der Waals surface area contributed by atoms with Gasteiger partial charge in [0.1, 0.15) is 11.9 Å². The highest BCUT2D eigenvalue weighted by Crippen LogP contribution is 2.43. The monoisotopic (exact) mass is 511 g/mol. The summed E-state index contributed by atoms with van der Waals surface area (Å²) in [5.74, 6) is 1.58. The predicted molar refractivity (Wildman–Crippen MR) is 136 cm³/mol. The molecular weight excluding hydrogens is 477 g/mol. The van der Waals surface area contributed by atoms with E-state index in [1.165, 1.54) is 12.1 Å². The van der Waals surface area contributed by atoms with Crippen LogP contribution in [-0.4, -0.2) is 63.0 Å². The van der Waals surface area contributed by atoms with Crippen LogP contribution in [0.2, 0.25) is 0 Å². The third-order valence-corrected chi connectivity index (χ3v) is 7.72. The molecule has 2 aromatic carbocycles. The van der Waals surface area contributed by atoms with E-state index in [0.717, 1.165) is 79.7 Å². The van der Waals surface area contributed by atoms with Gasteiger partial charge in [-0.05, 0) is 75.0 Å². The average Bonchev–Trinajstić information content (AvgIpc) is 3.32. The van der Waals surface area contributed by atoms with E-state index < -0.39 is 0 Å². The third kappa shape index (κ3) is 5.43. The molecule has 2 unspecified atom stereocenters. The van der Waals surface area contributed by atoms with Crippen LogP contribution < -0.4 is 14.8 Å². The summed E-state index contributed by atoms with van der Waals surface area (Å²) in [5.41, 5.74) is 3.54. The fourth-order valence-corrected chi connectivity index (χ4v) is 5.81. The van der Waals surface area contributed by atoms with Crippen LogP contribution in [0.15, 0.2) is 34.9 Å². The van der Waals surface area contributed by atoms with Gasteiger partial charge in [-0.3, -0.25) is 4.79 Å². The summed E-state index contributed by atoms with van der Waals surface area (Å²) in [6.07, 6.45) is 5.17. The van der Waals surface area contributed by atoms with Gasteiger partial charge in [-0.25, -0.2) is 4.39 Å². The zero-order valence-electron chi connectivity index (χ0n) is 21.4. The van der Waals surface area contributed by atoms with Crippen molar-refractivity contribution in [1.82, 2.24) is 15.4 Å². The van der Waals surface area contributed by atoms with E-state index in [2.05, 4.69) is 15.4 Å². The number of carbonyl (C=O) groups excluding carboxylic acids is 1. The topological polar surface area (TPSA) is 86.1 Å². The van der Waals surface area contributed by atoms with Crippen molar-refractivity contribution in [2.75, 3.05) is 40.4 Å². The Kier molecular flexibility index (Phi) is 7.90. The van der Waals surface area contributed by atoms with E-state index in [0.29, 0.717) is 30.2 Å². The molecule has 3 heterocycles. The van der Waals surface area contributed by atoms with Crippen molar-refractivity contribution in [3.05, 3.63) is 53.0 Å². The number of aromatic nitrogens is 1. The number of benzene rings is 2. The summed E-state index contributed by atoms with van der Waals surface area (Å²) in [6.45, 7) is 3.42. The molecule has 1 fully saturated rings. The molecule has 198 valence electrons. The van der Waals surface area contributed by atoms with Crippen molar-refractivity contribution in [1.29, 1.82) is 0 Å². The zero-order valence-corrected chi connectivity index (χ0v) is 21.4. The SMILES string of the molecule is COc1ccc2c(c1OC)CC(C1CCN(CCCc3noc4cc(F)ccc34)CC1)OC2CNC=O. The van der Waals surface area contributed by atoms with E-state index in [1.807, 2.05) is 12.1 Å². The van der Waals surface area contributed by atoms with Crippen molar-refractivity contribution in [2.24, 2.45) is 5.92 Å². The molecule has 1 aromatic heterocycles. The van der Waals surface area contributed by atoms with Crippen LogP contribution in [0.25, 0.3) is 11.0 Å². The Morgan fingerprint density at radius 2 is 2.03 bits per heavy atom. The number of methoxy groups -OCH3 is 2. The van der Waals surface area contributed by atoms with E-state index in [-0.39, 0.29) is 18.0 Å². The summed E-state index contributed by atoms with van der Waals surface area (Å²) < 4.78 is 36.5. The molecule has 1 N–H and O–H groups in total. The van der Waals surface area contributed by atoms with E-state index in [4.69, 9.17) is 18.7 Å². The number of nitrogens with zero attached hydrogens (tertiary/aromatic N) is 2. The Hall–Kier alpha value is -3.17. The number of nitrogens with one attached hydrogen (secondary N) is 1. The maximum Gasteiger partial charge on any atom is 0.207 e. The predicted octanol–water partition coefficient (Wildman–Crippen LogP) is 4.06. The van der Waals surface area contributed by atoms with Gasteiger partial charge < -0.3 is 29.0 Å². The van der Waals surface area contributed by atoms with Crippen LogP contribution in [0.3, 0.4) is 0 Å². The highest BCUT2D eigenvalue weighted by Gasteiger charge is 2.36. The van der Waals surface area contributed by atoms with Crippen molar-refractivity contribution < 1.29 is 27.9 Å². The fourth-order valence-electron chi connectivity index (χ4n) is 5.81. The van der Waals surface area contributed by atoms with Gasteiger partial charge in [0.2, 0.25) is 6.41 Å². The number of amides is 1. The Bertz CT molecular complexity index is 1220. The molecule has 3 aromatic rings. The molecule has 37 heavy (non-hydrogen) atoms. The summed E-state index contributed by atoms with van der Waals surface area (Å²) in [6, 6.07) is 8.49. The lowest BCUT2D eigenvalue weighted by Crippen LogP contribution is -2.42. The first-order valence-electron chi connectivity index (χ1n) is 12.9. The Morgan fingerprint density at radius 1 is 1.19 bits per heavy atom. The summed E-state index contributed by atoms with van der Waals surface area (Å²) in [4.78, 5) is 13.5. The van der Waals surface area contributed by atoms with Crippen LogP contribution in [0.1, 0.15) is 42.2 Å². The third-order valence-electron chi connectivity index (χ3n) is 7.72. The first kappa shape index (κ1) is 25.5. The van der Waals surface area contributed by atoms with Gasteiger partial charge in [0.15, 0.2) is 17.1 Å². The maximum atomic E-state index is 13.4. The largest absolute Gasteiger partial charge is 0.493 e. The Labute approximate surface area is 216 Å². The number of halogens is 1. The number of ether oxygens (including phenoxy) is 3. The van der Waals surface area contributed by atoms with Crippen molar-refractivity contribution >= 4 is 17.4 Å². The number of rotatable bonds is 10. The highest BCUT2D eigenvalue weighted by atomic mass is 19.1. The first-order valence-corrected chi connectivity index (χ1v) is 12.9. The molecule has 0 saturated carbocycles. The Balaban J connectivity index is 1.18. The number of aryl methyl sites for hydroxylation is 1. The molecule has 9 heteroatoms. The van der Waals surface area contributed by atoms with Gasteiger partial charge in [-0.2, -0.15) is 0 Å². The van der Waals surface area contributed by atoms with Gasteiger partial charge in [0.05, 0.1) is 26.0 Å². The second-order valence-corrected chi connectivity index (χ2v) is 9.81. The fraction of sp³-hybridized carbons (Fsp3) is 0.500.